The van der Waals surface area contributed by atoms with Gasteiger partial charge >= 0.3 is 5.97 Å². The van der Waals surface area contributed by atoms with Crippen molar-refractivity contribution in [1.82, 2.24) is 4.98 Å². The largest absolute Gasteiger partial charge is 0.458 e. The van der Waals surface area contributed by atoms with Crippen molar-refractivity contribution >= 4 is 21.9 Å². The maximum Gasteiger partial charge on any atom is 0.303 e. The molecule has 0 aliphatic heterocycles. The number of esters is 1. The van der Waals surface area contributed by atoms with Crippen LogP contribution in [0, 0.1) is 11.3 Å². The van der Waals surface area contributed by atoms with Gasteiger partial charge in [-0.05, 0) is 24.3 Å². The highest BCUT2D eigenvalue weighted by atomic mass is 32.2. The number of aromatic nitrogens is 1. The van der Waals surface area contributed by atoms with Gasteiger partial charge in [0.1, 0.15) is 24.2 Å². The van der Waals surface area contributed by atoms with E-state index in [1.807, 2.05) is 0 Å². The molecule has 8 heteroatoms. The van der Waals surface area contributed by atoms with Gasteiger partial charge in [0.2, 0.25) is 9.84 Å². The number of ether oxygens (including phenoxy) is 1. The van der Waals surface area contributed by atoms with Crippen molar-refractivity contribution in [2.75, 3.05) is 0 Å². The summed E-state index contributed by atoms with van der Waals surface area (Å²) in [5, 5.41) is 8.91. The number of nitriles is 1. The Morgan fingerprint density at radius 2 is 2.17 bits per heavy atom. The first-order valence-electron chi connectivity index (χ1n) is 6.43. The van der Waals surface area contributed by atoms with Crippen molar-refractivity contribution in [3.05, 3.63) is 53.0 Å². The Labute approximate surface area is 132 Å². The summed E-state index contributed by atoms with van der Waals surface area (Å²) in [6.07, 6.45) is 2.42. The number of allylic oxidation sites excluding steroid dienone is 1. The molecule has 0 aliphatic carbocycles. The molecule has 0 bridgehead atoms. The average Bonchev–Trinajstić information content (AvgIpc) is 2.99. The van der Waals surface area contributed by atoms with Crippen molar-refractivity contribution in [2.45, 2.75) is 18.6 Å². The minimum absolute atomic E-state index is 0.0714. The Bertz CT molecular complexity index is 876. The molecule has 23 heavy (non-hydrogen) atoms. The molecule has 0 aromatic carbocycles. The van der Waals surface area contributed by atoms with Gasteiger partial charge in [0.25, 0.3) is 0 Å². The normalized spacial score (nSPS) is 11.7. The van der Waals surface area contributed by atoms with Crippen molar-refractivity contribution in [1.29, 1.82) is 5.26 Å². The molecule has 0 atom stereocenters. The van der Waals surface area contributed by atoms with Gasteiger partial charge < -0.3 is 9.15 Å². The summed E-state index contributed by atoms with van der Waals surface area (Å²) in [4.78, 5) is 14.0. The molecule has 0 saturated carbocycles. The monoisotopic (exact) mass is 332 g/mol. The van der Waals surface area contributed by atoms with Crippen LogP contribution in [0.1, 0.15) is 18.4 Å². The second-order valence-corrected chi connectivity index (χ2v) is 6.24. The standard InChI is InChI=1S/C15H12N2O5S/c1-11(18)21-10-13-6-5-12(22-13)8-14(9-16)23(19,20)15-4-2-3-7-17-15/h2-8H,10H2,1H3/b14-8-. The van der Waals surface area contributed by atoms with E-state index in [-0.39, 0.29) is 17.4 Å². The van der Waals surface area contributed by atoms with E-state index in [9.17, 15) is 13.2 Å². The van der Waals surface area contributed by atoms with Gasteiger partial charge in [0, 0.05) is 19.2 Å². The number of rotatable bonds is 5. The molecule has 0 spiro atoms. The summed E-state index contributed by atoms with van der Waals surface area (Å²) in [7, 11) is -4.02. The fourth-order valence-corrected chi connectivity index (χ4v) is 2.71. The van der Waals surface area contributed by atoms with Crippen molar-refractivity contribution in [3.8, 4) is 6.07 Å². The molecular weight excluding hydrogens is 320 g/mol. The van der Waals surface area contributed by atoms with Gasteiger partial charge in [0.05, 0.1) is 0 Å². The van der Waals surface area contributed by atoms with Crippen LogP contribution in [-0.2, 0) is 26.0 Å². The third-order valence-electron chi connectivity index (χ3n) is 2.69. The lowest BCUT2D eigenvalue weighted by Gasteiger charge is -2.01. The minimum Gasteiger partial charge on any atom is -0.458 e. The maximum absolute atomic E-state index is 12.3. The third-order valence-corrected chi connectivity index (χ3v) is 4.27. The van der Waals surface area contributed by atoms with Gasteiger partial charge in [-0.25, -0.2) is 13.4 Å². The van der Waals surface area contributed by atoms with Crippen LogP contribution in [0.2, 0.25) is 0 Å². The van der Waals surface area contributed by atoms with E-state index in [4.69, 9.17) is 14.4 Å². The van der Waals surface area contributed by atoms with E-state index in [2.05, 4.69) is 4.98 Å². The molecule has 0 radical (unpaired) electrons. The van der Waals surface area contributed by atoms with Crippen LogP contribution < -0.4 is 0 Å². The quantitative estimate of drug-likeness (QED) is 0.609. The zero-order valence-corrected chi connectivity index (χ0v) is 12.9. The summed E-state index contributed by atoms with van der Waals surface area (Å²) in [6, 6.07) is 9.02. The summed E-state index contributed by atoms with van der Waals surface area (Å²) in [5.74, 6) is 0.0242. The molecule has 2 aromatic heterocycles. The topological polar surface area (TPSA) is 110 Å². The number of carbonyl (C=O) groups excluding carboxylic acids is 1. The predicted octanol–water partition coefficient (Wildman–Crippen LogP) is 2.08. The first-order valence-corrected chi connectivity index (χ1v) is 7.92. The van der Waals surface area contributed by atoms with Gasteiger partial charge in [-0.15, -0.1) is 0 Å². The molecule has 0 N–H and O–H groups in total. The highest BCUT2D eigenvalue weighted by Gasteiger charge is 2.22. The van der Waals surface area contributed by atoms with E-state index in [0.717, 1.165) is 6.08 Å². The van der Waals surface area contributed by atoms with Crippen LogP contribution in [0.5, 0.6) is 0 Å². The number of hydrogen-bond donors (Lipinski definition) is 0. The van der Waals surface area contributed by atoms with E-state index in [0.29, 0.717) is 5.76 Å². The molecule has 7 nitrogen and oxygen atoms in total. The molecule has 2 heterocycles. The van der Waals surface area contributed by atoms with Gasteiger partial charge in [-0.2, -0.15) is 5.26 Å². The molecule has 0 fully saturated rings. The SMILES string of the molecule is CC(=O)OCc1ccc(/C=C(/C#N)S(=O)(=O)c2ccccn2)o1. The molecule has 0 unspecified atom stereocenters. The number of nitrogens with zero attached hydrogens (tertiary/aromatic N) is 2. The molecule has 118 valence electrons. The van der Waals surface area contributed by atoms with Crippen molar-refractivity contribution in [3.63, 3.8) is 0 Å². The number of pyridine rings is 1. The number of sulfone groups is 1. The van der Waals surface area contributed by atoms with Gasteiger partial charge in [-0.1, -0.05) is 6.07 Å². The Morgan fingerprint density at radius 3 is 2.78 bits per heavy atom. The molecule has 0 aliphatic rings. The van der Waals surface area contributed by atoms with E-state index >= 15 is 0 Å². The number of carbonyl (C=O) groups is 1. The van der Waals surface area contributed by atoms with E-state index in [1.165, 1.54) is 37.4 Å². The molecule has 0 saturated heterocycles. The predicted molar refractivity (Wildman–Crippen MR) is 79.2 cm³/mol. The van der Waals surface area contributed by atoms with Crippen molar-refractivity contribution in [2.24, 2.45) is 0 Å². The summed E-state index contributed by atoms with van der Waals surface area (Å²) >= 11 is 0. The highest BCUT2D eigenvalue weighted by Crippen LogP contribution is 2.20. The Morgan fingerprint density at radius 1 is 1.39 bits per heavy atom. The van der Waals surface area contributed by atoms with Gasteiger partial charge in [-0.3, -0.25) is 4.79 Å². The second-order valence-electron chi connectivity index (χ2n) is 4.38. The fourth-order valence-electron chi connectivity index (χ4n) is 1.64. The van der Waals surface area contributed by atoms with Crippen LogP contribution in [-0.4, -0.2) is 19.4 Å². The molecule has 2 aromatic rings. The number of hydrogen-bond acceptors (Lipinski definition) is 7. The first kappa shape index (κ1) is 16.5. The Kier molecular flexibility index (Phi) is 4.93. The van der Waals surface area contributed by atoms with Crippen LogP contribution in [0.15, 0.2) is 50.9 Å². The lowest BCUT2D eigenvalue weighted by Crippen LogP contribution is -2.05. The van der Waals surface area contributed by atoms with E-state index < -0.39 is 20.7 Å². The average molecular weight is 332 g/mol. The van der Waals surface area contributed by atoms with Crippen LogP contribution in [0.25, 0.3) is 6.08 Å². The first-order chi connectivity index (χ1) is 10.9. The zero-order valence-electron chi connectivity index (χ0n) is 12.1. The maximum atomic E-state index is 12.3. The summed E-state index contributed by atoms with van der Waals surface area (Å²) in [5.41, 5.74) is 0. The lowest BCUT2D eigenvalue weighted by molar-refractivity contribution is -0.142. The smallest absolute Gasteiger partial charge is 0.303 e. The zero-order chi connectivity index (χ0) is 16.9. The Hall–Kier alpha value is -2.92. The summed E-state index contributed by atoms with van der Waals surface area (Å²) < 4.78 is 34.7. The Balaban J connectivity index is 2.29. The minimum atomic E-state index is -4.02. The molecule has 0 amide bonds. The van der Waals surface area contributed by atoms with E-state index in [1.54, 1.807) is 12.1 Å². The third kappa shape index (κ3) is 4.05. The van der Waals surface area contributed by atoms with Crippen molar-refractivity contribution < 1.29 is 22.4 Å². The number of furan rings is 1. The van der Waals surface area contributed by atoms with Crippen LogP contribution >= 0.6 is 0 Å². The van der Waals surface area contributed by atoms with Crippen LogP contribution in [0.4, 0.5) is 0 Å². The lowest BCUT2D eigenvalue weighted by atomic mass is 10.4. The molecule has 2 rings (SSSR count). The highest BCUT2D eigenvalue weighted by molar-refractivity contribution is 7.95. The molecular formula is C15H12N2O5S. The summed E-state index contributed by atoms with van der Waals surface area (Å²) in [6.45, 7) is 1.19. The van der Waals surface area contributed by atoms with Gasteiger partial charge in [0.15, 0.2) is 9.93 Å². The second kappa shape index (κ2) is 6.89. The van der Waals surface area contributed by atoms with Crippen LogP contribution in [0.3, 0.4) is 0 Å². The fraction of sp³-hybridized carbons (Fsp3) is 0.133.